The molecule has 0 aromatic carbocycles. The van der Waals surface area contributed by atoms with E-state index < -0.39 is 16.1 Å². The van der Waals surface area contributed by atoms with Gasteiger partial charge in [-0.1, -0.05) is 39.3 Å². The van der Waals surface area contributed by atoms with Crippen molar-refractivity contribution >= 4 is 27.3 Å². The molecule has 0 saturated carbocycles. The zero-order chi connectivity index (χ0) is 31.5. The van der Waals surface area contributed by atoms with E-state index >= 15 is 0 Å². The van der Waals surface area contributed by atoms with Crippen LogP contribution in [0.3, 0.4) is 0 Å². The van der Waals surface area contributed by atoms with Crippen molar-refractivity contribution in [1.82, 2.24) is 33.9 Å². The first kappa shape index (κ1) is 32.1. The molecule has 44 heavy (non-hydrogen) atoms. The Hall–Kier alpha value is -3.34. The highest BCUT2D eigenvalue weighted by Gasteiger charge is 2.25. The number of nitrogens with zero attached hydrogens (tertiary/aromatic N) is 7. The summed E-state index contributed by atoms with van der Waals surface area (Å²) in [6, 6.07) is 7.52. The van der Waals surface area contributed by atoms with E-state index in [2.05, 4.69) is 54.5 Å². The maximum Gasteiger partial charge on any atom is 0.338 e. The van der Waals surface area contributed by atoms with Gasteiger partial charge in [-0.15, -0.1) is 10.2 Å². The Balaban J connectivity index is 1.54. The van der Waals surface area contributed by atoms with E-state index in [9.17, 15) is 4.79 Å². The van der Waals surface area contributed by atoms with Crippen LogP contribution in [-0.4, -0.2) is 75.9 Å². The molecule has 4 aromatic rings. The molecule has 1 aliphatic rings. The van der Waals surface area contributed by atoms with Crippen molar-refractivity contribution in [3.63, 3.8) is 0 Å². The van der Waals surface area contributed by atoms with Gasteiger partial charge in [-0.05, 0) is 44.0 Å². The quantitative estimate of drug-likeness (QED) is 0.157. The lowest BCUT2D eigenvalue weighted by Crippen LogP contribution is -2.27. The molecule has 0 radical (unpaired) electrons. The van der Waals surface area contributed by atoms with E-state index in [-0.39, 0.29) is 18.5 Å². The first-order chi connectivity index (χ1) is 20.9. The summed E-state index contributed by atoms with van der Waals surface area (Å²) in [7, 11) is -2.50. The van der Waals surface area contributed by atoms with E-state index in [4.69, 9.17) is 23.9 Å². The highest BCUT2D eigenvalue weighted by molar-refractivity contribution is 6.76. The van der Waals surface area contributed by atoms with Gasteiger partial charge in [-0.25, -0.2) is 14.3 Å². The van der Waals surface area contributed by atoms with Gasteiger partial charge in [0.05, 0.1) is 18.3 Å². The number of aromatic nitrogens is 7. The largest absolute Gasteiger partial charge is 0.488 e. The number of hydrogen-bond donors (Lipinski definition) is 0. The molecule has 12 nitrogen and oxygen atoms in total. The van der Waals surface area contributed by atoms with Gasteiger partial charge in [0.1, 0.15) is 36.9 Å². The summed E-state index contributed by atoms with van der Waals surface area (Å²) in [5, 5.41) is 8.53. The minimum Gasteiger partial charge on any atom is -0.488 e. The number of ether oxygens (including phenoxy) is 4. The van der Waals surface area contributed by atoms with Gasteiger partial charge >= 0.3 is 5.69 Å². The Morgan fingerprint density at radius 3 is 2.45 bits per heavy atom. The highest BCUT2D eigenvalue weighted by Crippen LogP contribution is 2.32. The summed E-state index contributed by atoms with van der Waals surface area (Å²) in [4.78, 5) is 23.5. The van der Waals surface area contributed by atoms with Crippen LogP contribution >= 0.6 is 0 Å². The average Bonchev–Trinajstić information content (AvgIpc) is 3.52. The van der Waals surface area contributed by atoms with Crippen LogP contribution in [0.1, 0.15) is 19.8 Å². The maximum atomic E-state index is 14.0. The summed E-state index contributed by atoms with van der Waals surface area (Å²) in [5.41, 5.74) is 1.38. The zero-order valence-electron chi connectivity index (χ0n) is 27.0. The van der Waals surface area contributed by atoms with Crippen LogP contribution in [0, 0.1) is 0 Å². The Labute approximate surface area is 260 Å². The minimum atomic E-state index is -1.29. The summed E-state index contributed by atoms with van der Waals surface area (Å²) < 4.78 is 29.5. The maximum absolute atomic E-state index is 14.0. The summed E-state index contributed by atoms with van der Waals surface area (Å²) in [6.45, 7) is 18.0. The fourth-order valence-electron chi connectivity index (χ4n) is 4.85. The second-order valence-corrected chi connectivity index (χ2v) is 25.0. The molecule has 0 spiro atoms. The van der Waals surface area contributed by atoms with Gasteiger partial charge < -0.3 is 18.9 Å². The third-order valence-electron chi connectivity index (χ3n) is 7.47. The molecule has 4 aromatic heterocycles. The number of rotatable bonds is 11. The average molecular weight is 640 g/mol. The third kappa shape index (κ3) is 7.65. The lowest BCUT2D eigenvalue weighted by molar-refractivity contribution is 0.0871. The van der Waals surface area contributed by atoms with E-state index in [1.807, 2.05) is 17.6 Å². The molecule has 0 amide bonds. The van der Waals surface area contributed by atoms with Gasteiger partial charge in [0.25, 0.3) is 0 Å². The molecule has 1 unspecified atom stereocenters. The molecule has 0 fully saturated rings. The van der Waals surface area contributed by atoms with E-state index in [1.165, 1.54) is 4.57 Å². The van der Waals surface area contributed by atoms with Crippen molar-refractivity contribution in [2.75, 3.05) is 19.8 Å². The van der Waals surface area contributed by atoms with Gasteiger partial charge in [-0.2, -0.15) is 4.98 Å². The molecule has 1 atom stereocenters. The van der Waals surface area contributed by atoms with Crippen LogP contribution in [0.4, 0.5) is 0 Å². The molecule has 0 N–H and O–H groups in total. The van der Waals surface area contributed by atoms with Gasteiger partial charge in [0.15, 0.2) is 11.5 Å². The number of pyridine rings is 2. The predicted molar refractivity (Wildman–Crippen MR) is 175 cm³/mol. The van der Waals surface area contributed by atoms with E-state index in [0.29, 0.717) is 66.6 Å². The minimum absolute atomic E-state index is 0.0844. The fraction of sp³-hybridized carbons (Fsp3) is 0.567. The van der Waals surface area contributed by atoms with Crippen LogP contribution in [0.25, 0.3) is 28.4 Å². The summed E-state index contributed by atoms with van der Waals surface area (Å²) >= 11 is 0. The summed E-state index contributed by atoms with van der Waals surface area (Å²) in [5.74, 6) is 1.93. The van der Waals surface area contributed by atoms with Crippen molar-refractivity contribution in [2.24, 2.45) is 0 Å². The van der Waals surface area contributed by atoms with Gasteiger partial charge in [0, 0.05) is 41.6 Å². The molecule has 2 bridgehead atoms. The molecule has 14 heteroatoms. The lowest BCUT2D eigenvalue weighted by atomic mass is 10.2. The molecule has 5 heterocycles. The molecule has 0 saturated heterocycles. The lowest BCUT2D eigenvalue weighted by Gasteiger charge is -2.19. The molecule has 1 aliphatic heterocycles. The normalized spacial score (nSPS) is 15.8. The number of imidazole rings is 1. The monoisotopic (exact) mass is 639 g/mol. The van der Waals surface area contributed by atoms with Crippen molar-refractivity contribution in [3.05, 3.63) is 41.2 Å². The van der Waals surface area contributed by atoms with Crippen LogP contribution in [0.5, 0.6) is 11.6 Å². The van der Waals surface area contributed by atoms with Crippen LogP contribution < -0.4 is 15.2 Å². The topological polar surface area (TPSA) is 120 Å². The van der Waals surface area contributed by atoms with Crippen LogP contribution in [0.15, 0.2) is 35.5 Å². The van der Waals surface area contributed by atoms with Crippen LogP contribution in [0.2, 0.25) is 51.4 Å². The summed E-state index contributed by atoms with van der Waals surface area (Å²) in [6.07, 6.45) is 4.72. The SMILES string of the molecule is CC1CCCOc2nc(ccc2-c2nncn2COCC[Si](C)(C)C)-n2c(=O)n(COCC[Si](C)(C)C)c3nccc(c32)O1. The molecular weight excluding hydrogens is 595 g/mol. The third-order valence-corrected chi connectivity index (χ3v) is 10.9. The zero-order valence-corrected chi connectivity index (χ0v) is 29.0. The molecule has 5 rings (SSSR count). The molecular formula is C30H45N7O5Si2. The van der Waals surface area contributed by atoms with E-state index in [0.717, 1.165) is 24.9 Å². The second kappa shape index (κ2) is 13.3. The van der Waals surface area contributed by atoms with Crippen molar-refractivity contribution in [2.45, 2.75) is 90.7 Å². The Bertz CT molecular complexity index is 1640. The van der Waals surface area contributed by atoms with Crippen LogP contribution in [-0.2, 0) is 22.9 Å². The highest BCUT2D eigenvalue weighted by atomic mass is 28.3. The smallest absolute Gasteiger partial charge is 0.338 e. The van der Waals surface area contributed by atoms with Crippen molar-refractivity contribution < 1.29 is 18.9 Å². The van der Waals surface area contributed by atoms with Gasteiger partial charge in [-0.3, -0.25) is 9.13 Å². The van der Waals surface area contributed by atoms with Crippen molar-refractivity contribution in [3.8, 4) is 28.8 Å². The number of hydrogen-bond acceptors (Lipinski definition) is 9. The Morgan fingerprint density at radius 1 is 1.00 bits per heavy atom. The predicted octanol–water partition coefficient (Wildman–Crippen LogP) is 5.41. The first-order valence-corrected chi connectivity index (χ1v) is 22.8. The Kier molecular flexibility index (Phi) is 9.72. The first-order valence-electron chi connectivity index (χ1n) is 15.4. The standard InChI is InChI=1S/C30H45N7O5Si2/c1-22-9-8-14-41-29-23(27-34-32-19-35(27)20-39-15-17-43(2,3)4)10-11-25(33-29)37-26-24(42-22)12-13-31-28(26)36(30(37)38)21-40-16-18-44(5,6)7/h10-13,19,22H,8-9,14-18,20-21H2,1-7H3. The van der Waals surface area contributed by atoms with Crippen molar-refractivity contribution in [1.29, 1.82) is 0 Å². The number of fused-ring (bicyclic) bond motifs is 3. The second-order valence-electron chi connectivity index (χ2n) is 13.8. The Morgan fingerprint density at radius 2 is 1.73 bits per heavy atom. The van der Waals surface area contributed by atoms with Gasteiger partial charge in [0.2, 0.25) is 5.88 Å². The molecule has 0 aliphatic carbocycles. The fourth-order valence-corrected chi connectivity index (χ4v) is 6.36. The molecule has 238 valence electrons. The van der Waals surface area contributed by atoms with E-state index in [1.54, 1.807) is 29.2 Å².